The second-order valence-electron chi connectivity index (χ2n) is 8.06. The molecule has 160 valence electrons. The quantitative estimate of drug-likeness (QED) is 0.455. The van der Waals surface area contributed by atoms with Gasteiger partial charge in [-0.1, -0.05) is 43.4 Å². The molecule has 1 aliphatic heterocycles. The molecule has 1 fully saturated rings. The summed E-state index contributed by atoms with van der Waals surface area (Å²) in [7, 11) is 0. The molecule has 4 rings (SSSR count). The Balaban J connectivity index is 1.34. The third-order valence-corrected chi connectivity index (χ3v) is 5.59. The number of hydrogen-bond donors (Lipinski definition) is 0. The van der Waals surface area contributed by atoms with Crippen LogP contribution in [0, 0.1) is 29.4 Å². The second-order valence-corrected chi connectivity index (χ2v) is 8.06. The molecule has 3 aromatic carbocycles. The Morgan fingerprint density at radius 2 is 1.45 bits per heavy atom. The normalized spacial score (nSPS) is 18.5. The van der Waals surface area contributed by atoms with Crippen molar-refractivity contribution in [2.24, 2.45) is 5.92 Å². The highest BCUT2D eigenvalue weighted by atomic mass is 19.2. The lowest BCUT2D eigenvalue weighted by atomic mass is 10.0. The molecule has 0 atom stereocenters. The number of hydrogen-bond acceptors (Lipinski definition) is 2. The van der Waals surface area contributed by atoms with Crippen LogP contribution in [0.1, 0.15) is 42.9 Å². The molecule has 1 aliphatic rings. The van der Waals surface area contributed by atoms with E-state index >= 15 is 0 Å². The molecular weight excluding hydrogens is 394 g/mol. The van der Waals surface area contributed by atoms with E-state index in [0.29, 0.717) is 16.7 Å². The van der Waals surface area contributed by atoms with Crippen molar-refractivity contribution in [3.8, 4) is 11.8 Å². The van der Waals surface area contributed by atoms with Gasteiger partial charge in [-0.3, -0.25) is 0 Å². The lowest BCUT2D eigenvalue weighted by Gasteiger charge is -2.29. The van der Waals surface area contributed by atoms with E-state index in [9.17, 15) is 8.78 Å². The highest BCUT2D eigenvalue weighted by Crippen LogP contribution is 2.21. The number of benzene rings is 3. The van der Waals surface area contributed by atoms with Crippen molar-refractivity contribution in [1.29, 1.82) is 0 Å². The Bertz CT molecular complexity index is 1090. The third-order valence-electron chi connectivity index (χ3n) is 5.59. The van der Waals surface area contributed by atoms with Gasteiger partial charge in [0.2, 0.25) is 0 Å². The van der Waals surface area contributed by atoms with Gasteiger partial charge in [0.15, 0.2) is 17.9 Å². The Hall–Kier alpha value is -2.74. The molecule has 0 aliphatic carbocycles. The summed E-state index contributed by atoms with van der Waals surface area (Å²) in [5.41, 5.74) is 2.88. The average Bonchev–Trinajstić information content (AvgIpc) is 2.79. The van der Waals surface area contributed by atoms with Crippen molar-refractivity contribution < 1.29 is 18.3 Å². The topological polar surface area (TPSA) is 18.5 Å². The molecule has 0 unspecified atom stereocenters. The third kappa shape index (κ3) is 5.70. The van der Waals surface area contributed by atoms with E-state index in [1.165, 1.54) is 17.7 Å². The number of ether oxygens (including phenoxy) is 2. The van der Waals surface area contributed by atoms with Gasteiger partial charge in [-0.25, -0.2) is 8.78 Å². The first kappa shape index (κ1) is 21.5. The lowest BCUT2D eigenvalue weighted by Crippen LogP contribution is -2.32. The maximum atomic E-state index is 13.5. The summed E-state index contributed by atoms with van der Waals surface area (Å²) in [6.45, 7) is 3.78. The van der Waals surface area contributed by atoms with Crippen molar-refractivity contribution in [3.63, 3.8) is 0 Å². The van der Waals surface area contributed by atoms with Crippen molar-refractivity contribution in [1.82, 2.24) is 0 Å². The van der Waals surface area contributed by atoms with Crippen LogP contribution >= 0.6 is 0 Å². The van der Waals surface area contributed by atoms with E-state index < -0.39 is 11.6 Å². The Morgan fingerprint density at radius 1 is 0.806 bits per heavy atom. The van der Waals surface area contributed by atoms with Crippen LogP contribution in [0.4, 0.5) is 8.78 Å². The van der Waals surface area contributed by atoms with Crippen LogP contribution in [-0.2, 0) is 15.9 Å². The molecule has 31 heavy (non-hydrogen) atoms. The summed E-state index contributed by atoms with van der Waals surface area (Å²) >= 11 is 0. The van der Waals surface area contributed by atoms with Crippen molar-refractivity contribution in [3.05, 3.63) is 82.9 Å². The Kier molecular flexibility index (Phi) is 6.96. The molecule has 1 saturated heterocycles. The molecule has 0 radical (unpaired) electrons. The summed E-state index contributed by atoms with van der Waals surface area (Å²) in [6.07, 6.45) is 3.95. The molecule has 0 amide bonds. The molecule has 0 bridgehead atoms. The van der Waals surface area contributed by atoms with E-state index in [-0.39, 0.29) is 6.29 Å². The maximum Gasteiger partial charge on any atom is 0.159 e. The number of halogens is 2. The lowest BCUT2D eigenvalue weighted by molar-refractivity contribution is -0.203. The first-order chi connectivity index (χ1) is 15.1. The van der Waals surface area contributed by atoms with Crippen molar-refractivity contribution in [2.45, 2.75) is 38.9 Å². The van der Waals surface area contributed by atoms with Gasteiger partial charge in [-0.15, -0.1) is 0 Å². The fourth-order valence-electron chi connectivity index (χ4n) is 3.83. The summed E-state index contributed by atoms with van der Waals surface area (Å²) < 4.78 is 38.5. The van der Waals surface area contributed by atoms with E-state index in [2.05, 4.69) is 30.9 Å². The smallest absolute Gasteiger partial charge is 0.159 e. The van der Waals surface area contributed by atoms with E-state index in [1.54, 1.807) is 12.1 Å². The summed E-state index contributed by atoms with van der Waals surface area (Å²) in [5, 5.41) is 1.29. The van der Waals surface area contributed by atoms with Gasteiger partial charge in [0.1, 0.15) is 0 Å². The summed E-state index contributed by atoms with van der Waals surface area (Å²) in [5.74, 6) is 5.07. The maximum absolute atomic E-state index is 13.5. The summed E-state index contributed by atoms with van der Waals surface area (Å²) in [4.78, 5) is 0. The van der Waals surface area contributed by atoms with Crippen LogP contribution in [-0.4, -0.2) is 19.5 Å². The fraction of sp³-hybridized carbons (Fsp3) is 0.333. The van der Waals surface area contributed by atoms with Gasteiger partial charge >= 0.3 is 0 Å². The molecular formula is C27H26F2O2. The van der Waals surface area contributed by atoms with E-state index in [4.69, 9.17) is 9.47 Å². The zero-order chi connectivity index (χ0) is 21.6. The van der Waals surface area contributed by atoms with Gasteiger partial charge in [0.25, 0.3) is 0 Å². The van der Waals surface area contributed by atoms with Gasteiger partial charge < -0.3 is 9.47 Å². The van der Waals surface area contributed by atoms with E-state index in [0.717, 1.165) is 50.0 Å². The molecule has 0 spiro atoms. The molecule has 0 saturated carbocycles. The predicted octanol–water partition coefficient (Wildman–Crippen LogP) is 6.24. The molecule has 1 heterocycles. The largest absolute Gasteiger partial charge is 0.352 e. The first-order valence-electron chi connectivity index (χ1n) is 10.8. The highest BCUT2D eigenvalue weighted by Gasteiger charge is 2.21. The number of fused-ring (bicyclic) bond motifs is 1. The molecule has 4 heteroatoms. The molecule has 0 aromatic heterocycles. The average molecular weight is 420 g/mol. The predicted molar refractivity (Wildman–Crippen MR) is 119 cm³/mol. The standard InChI is InChI=1S/C27H26F2O2/c1-2-3-22-17-30-27(31-18-22)13-11-20-6-4-19(5-7-20)8-9-21-10-12-23-15-25(28)26(29)16-24(23)14-21/h4-7,10,12,14-16,22,27H,2-3,11,13,17-18H2,1H3. The molecule has 2 nitrogen and oxygen atoms in total. The molecule has 0 N–H and O–H groups in total. The van der Waals surface area contributed by atoms with Gasteiger partial charge in [0.05, 0.1) is 13.2 Å². The SMILES string of the molecule is CCCC1COC(CCc2ccc(C#Cc3ccc4cc(F)c(F)cc4c3)cc2)OC1. The minimum Gasteiger partial charge on any atom is -0.352 e. The van der Waals surface area contributed by atoms with Crippen LogP contribution in [0.2, 0.25) is 0 Å². The van der Waals surface area contributed by atoms with Gasteiger partial charge in [0, 0.05) is 23.5 Å². The Morgan fingerprint density at radius 3 is 2.16 bits per heavy atom. The van der Waals surface area contributed by atoms with Crippen LogP contribution in [0.5, 0.6) is 0 Å². The zero-order valence-corrected chi connectivity index (χ0v) is 17.7. The molecule has 3 aromatic rings. The minimum atomic E-state index is -0.849. The second kappa shape index (κ2) is 10.0. The minimum absolute atomic E-state index is 0.112. The van der Waals surface area contributed by atoms with Gasteiger partial charge in [-0.2, -0.15) is 0 Å². The monoisotopic (exact) mass is 420 g/mol. The zero-order valence-electron chi connectivity index (χ0n) is 17.7. The van der Waals surface area contributed by atoms with E-state index in [1.807, 2.05) is 18.2 Å². The van der Waals surface area contributed by atoms with Gasteiger partial charge in [-0.05, 0) is 65.6 Å². The highest BCUT2D eigenvalue weighted by molar-refractivity contribution is 5.84. The summed E-state index contributed by atoms with van der Waals surface area (Å²) in [6, 6.07) is 15.9. The number of aryl methyl sites for hydroxylation is 1. The fourth-order valence-corrected chi connectivity index (χ4v) is 3.83. The van der Waals surface area contributed by atoms with Crippen LogP contribution < -0.4 is 0 Å². The number of rotatable bonds is 5. The van der Waals surface area contributed by atoms with Crippen LogP contribution in [0.15, 0.2) is 54.6 Å². The first-order valence-corrected chi connectivity index (χ1v) is 10.8. The van der Waals surface area contributed by atoms with Crippen LogP contribution in [0.25, 0.3) is 10.8 Å². The van der Waals surface area contributed by atoms with Crippen LogP contribution in [0.3, 0.4) is 0 Å². The van der Waals surface area contributed by atoms with Crippen molar-refractivity contribution >= 4 is 10.8 Å². The Labute approximate surface area is 182 Å². The van der Waals surface area contributed by atoms with Crippen molar-refractivity contribution in [2.75, 3.05) is 13.2 Å².